The smallest absolute Gasteiger partial charge is 0.118 e. The molecule has 0 saturated carbocycles. The van der Waals surface area contributed by atoms with Crippen molar-refractivity contribution in [2.75, 3.05) is 39.8 Å². The Balaban J connectivity index is 1.77. The molecule has 20 heavy (non-hydrogen) atoms. The van der Waals surface area contributed by atoms with Gasteiger partial charge in [-0.2, -0.15) is 0 Å². The van der Waals surface area contributed by atoms with Gasteiger partial charge in [-0.05, 0) is 62.5 Å². The van der Waals surface area contributed by atoms with Crippen molar-refractivity contribution >= 4 is 0 Å². The van der Waals surface area contributed by atoms with Crippen molar-refractivity contribution in [1.29, 1.82) is 0 Å². The van der Waals surface area contributed by atoms with E-state index in [1.807, 2.05) is 0 Å². The number of likely N-dealkylation sites (N-methyl/N-ethyl adjacent to an activating group) is 1. The van der Waals surface area contributed by atoms with E-state index >= 15 is 0 Å². The fraction of sp³-hybridized carbons (Fsp3) is 0.647. The highest BCUT2D eigenvalue weighted by molar-refractivity contribution is 5.27. The van der Waals surface area contributed by atoms with Gasteiger partial charge in [0.05, 0.1) is 7.11 Å². The minimum Gasteiger partial charge on any atom is -0.497 e. The number of piperidine rings is 1. The van der Waals surface area contributed by atoms with Gasteiger partial charge in [-0.15, -0.1) is 0 Å². The predicted octanol–water partition coefficient (Wildman–Crippen LogP) is 2.56. The summed E-state index contributed by atoms with van der Waals surface area (Å²) in [7, 11) is 1.72. The van der Waals surface area contributed by atoms with E-state index in [9.17, 15) is 0 Å². The molecule has 1 heterocycles. The minimum atomic E-state index is 0.882. The summed E-state index contributed by atoms with van der Waals surface area (Å²) in [5, 5.41) is 3.44. The summed E-state index contributed by atoms with van der Waals surface area (Å²) in [5.74, 6) is 1.82. The van der Waals surface area contributed by atoms with Crippen molar-refractivity contribution in [1.82, 2.24) is 10.2 Å². The lowest BCUT2D eigenvalue weighted by molar-refractivity contribution is 0.215. The summed E-state index contributed by atoms with van der Waals surface area (Å²) in [6.07, 6.45) is 3.79. The van der Waals surface area contributed by atoms with Crippen LogP contribution in [0.1, 0.15) is 25.3 Å². The Kier molecular flexibility index (Phi) is 6.34. The molecule has 2 rings (SSSR count). The number of benzene rings is 1. The molecule has 0 aromatic heterocycles. The highest BCUT2D eigenvalue weighted by Gasteiger charge is 2.15. The van der Waals surface area contributed by atoms with Gasteiger partial charge in [-0.25, -0.2) is 0 Å². The second kappa shape index (κ2) is 8.28. The molecule has 0 aliphatic carbocycles. The van der Waals surface area contributed by atoms with Crippen LogP contribution in [0.4, 0.5) is 0 Å². The molecular weight excluding hydrogens is 248 g/mol. The number of nitrogens with zero attached hydrogens (tertiary/aromatic N) is 1. The van der Waals surface area contributed by atoms with Crippen LogP contribution >= 0.6 is 0 Å². The summed E-state index contributed by atoms with van der Waals surface area (Å²) in [5.41, 5.74) is 1.40. The van der Waals surface area contributed by atoms with E-state index in [0.29, 0.717) is 0 Å². The Morgan fingerprint density at radius 1 is 1.20 bits per heavy atom. The third kappa shape index (κ3) is 4.80. The van der Waals surface area contributed by atoms with Crippen molar-refractivity contribution in [3.8, 4) is 5.75 Å². The molecule has 3 nitrogen and oxygen atoms in total. The molecule has 1 aliphatic heterocycles. The number of rotatable bonds is 7. The molecule has 1 aliphatic rings. The molecule has 1 aromatic carbocycles. The van der Waals surface area contributed by atoms with Crippen molar-refractivity contribution in [3.63, 3.8) is 0 Å². The lowest BCUT2D eigenvalue weighted by Gasteiger charge is -2.29. The van der Waals surface area contributed by atoms with E-state index in [0.717, 1.165) is 31.2 Å². The third-order valence-corrected chi connectivity index (χ3v) is 4.30. The van der Waals surface area contributed by atoms with Crippen LogP contribution in [0.2, 0.25) is 0 Å². The molecule has 0 spiro atoms. The normalized spacial score (nSPS) is 16.6. The fourth-order valence-corrected chi connectivity index (χ4v) is 2.89. The summed E-state index contributed by atoms with van der Waals surface area (Å²) < 4.78 is 5.20. The van der Waals surface area contributed by atoms with Crippen molar-refractivity contribution in [2.24, 2.45) is 5.92 Å². The molecule has 1 N–H and O–H groups in total. The highest BCUT2D eigenvalue weighted by Crippen LogP contribution is 2.15. The lowest BCUT2D eigenvalue weighted by atomic mass is 9.97. The van der Waals surface area contributed by atoms with Gasteiger partial charge in [0.2, 0.25) is 0 Å². The van der Waals surface area contributed by atoms with Crippen molar-refractivity contribution in [2.45, 2.75) is 26.2 Å². The standard InChI is InChI=1S/C17H28N2O/c1-3-19(14-16-8-11-18-12-9-16)13-10-15-4-6-17(20-2)7-5-15/h4-7,16,18H,3,8-14H2,1-2H3. The maximum Gasteiger partial charge on any atom is 0.118 e. The second-order valence-electron chi connectivity index (χ2n) is 5.68. The number of methoxy groups -OCH3 is 1. The van der Waals surface area contributed by atoms with Crippen LogP contribution in [0, 0.1) is 5.92 Å². The maximum atomic E-state index is 5.20. The van der Waals surface area contributed by atoms with Gasteiger partial charge in [0.1, 0.15) is 5.75 Å². The first-order valence-electron chi connectivity index (χ1n) is 7.87. The summed E-state index contributed by atoms with van der Waals surface area (Å²) in [4.78, 5) is 2.60. The third-order valence-electron chi connectivity index (χ3n) is 4.30. The maximum absolute atomic E-state index is 5.20. The van der Waals surface area contributed by atoms with Gasteiger partial charge in [-0.1, -0.05) is 19.1 Å². The monoisotopic (exact) mass is 276 g/mol. The summed E-state index contributed by atoms with van der Waals surface area (Å²) in [6.45, 7) is 8.23. The van der Waals surface area contributed by atoms with E-state index < -0.39 is 0 Å². The molecular formula is C17H28N2O. The minimum absolute atomic E-state index is 0.882. The van der Waals surface area contributed by atoms with Gasteiger partial charge in [0.25, 0.3) is 0 Å². The summed E-state index contributed by atoms with van der Waals surface area (Å²) in [6, 6.07) is 8.46. The Hall–Kier alpha value is -1.06. The van der Waals surface area contributed by atoms with Gasteiger partial charge in [-0.3, -0.25) is 0 Å². The number of nitrogens with one attached hydrogen (secondary N) is 1. The van der Waals surface area contributed by atoms with Crippen LogP contribution < -0.4 is 10.1 Å². The average Bonchev–Trinajstić information content (AvgIpc) is 2.53. The largest absolute Gasteiger partial charge is 0.497 e. The zero-order valence-corrected chi connectivity index (χ0v) is 12.9. The van der Waals surface area contributed by atoms with Gasteiger partial charge in [0.15, 0.2) is 0 Å². The number of hydrogen-bond donors (Lipinski definition) is 1. The van der Waals surface area contributed by atoms with Crippen LogP contribution in [0.5, 0.6) is 5.75 Å². The molecule has 112 valence electrons. The Bertz CT molecular complexity index is 371. The quantitative estimate of drug-likeness (QED) is 0.828. The molecule has 1 saturated heterocycles. The average molecular weight is 276 g/mol. The second-order valence-corrected chi connectivity index (χ2v) is 5.68. The van der Waals surface area contributed by atoms with Crippen LogP contribution in [0.15, 0.2) is 24.3 Å². The Morgan fingerprint density at radius 2 is 1.90 bits per heavy atom. The topological polar surface area (TPSA) is 24.5 Å². The number of ether oxygens (including phenoxy) is 1. The molecule has 3 heteroatoms. The SMILES string of the molecule is CCN(CCc1ccc(OC)cc1)CC1CCNCC1. The van der Waals surface area contributed by atoms with Gasteiger partial charge < -0.3 is 15.0 Å². The van der Waals surface area contributed by atoms with Crippen LogP contribution in [0.25, 0.3) is 0 Å². The molecule has 0 unspecified atom stereocenters. The molecule has 1 aromatic rings. The van der Waals surface area contributed by atoms with Crippen LogP contribution in [-0.4, -0.2) is 44.7 Å². The van der Waals surface area contributed by atoms with Crippen molar-refractivity contribution in [3.05, 3.63) is 29.8 Å². The number of hydrogen-bond acceptors (Lipinski definition) is 3. The highest BCUT2D eigenvalue weighted by atomic mass is 16.5. The molecule has 1 fully saturated rings. The fourth-order valence-electron chi connectivity index (χ4n) is 2.89. The Morgan fingerprint density at radius 3 is 2.50 bits per heavy atom. The van der Waals surface area contributed by atoms with Crippen molar-refractivity contribution < 1.29 is 4.74 Å². The zero-order chi connectivity index (χ0) is 14.2. The predicted molar refractivity (Wildman–Crippen MR) is 84.4 cm³/mol. The van der Waals surface area contributed by atoms with E-state index in [2.05, 4.69) is 41.4 Å². The van der Waals surface area contributed by atoms with Crippen LogP contribution in [0.3, 0.4) is 0 Å². The van der Waals surface area contributed by atoms with E-state index in [1.54, 1.807) is 7.11 Å². The van der Waals surface area contributed by atoms with E-state index in [1.165, 1.54) is 38.0 Å². The molecule has 0 amide bonds. The van der Waals surface area contributed by atoms with Crippen LogP contribution in [-0.2, 0) is 6.42 Å². The Labute approximate surface area is 123 Å². The van der Waals surface area contributed by atoms with E-state index in [4.69, 9.17) is 4.74 Å². The first-order valence-corrected chi connectivity index (χ1v) is 7.87. The first-order chi connectivity index (χ1) is 9.81. The first kappa shape index (κ1) is 15.3. The summed E-state index contributed by atoms with van der Waals surface area (Å²) >= 11 is 0. The molecule has 0 atom stereocenters. The zero-order valence-electron chi connectivity index (χ0n) is 12.9. The molecule has 0 bridgehead atoms. The van der Waals surface area contributed by atoms with Gasteiger partial charge >= 0.3 is 0 Å². The lowest BCUT2D eigenvalue weighted by Crippen LogP contribution is -2.37. The van der Waals surface area contributed by atoms with Gasteiger partial charge in [0, 0.05) is 13.1 Å². The van der Waals surface area contributed by atoms with E-state index in [-0.39, 0.29) is 0 Å². The molecule has 0 radical (unpaired) electrons.